The van der Waals surface area contributed by atoms with Crippen molar-refractivity contribution in [1.29, 1.82) is 0 Å². The van der Waals surface area contributed by atoms with Crippen molar-refractivity contribution in [3.05, 3.63) is 48.0 Å². The number of piperidine rings is 1. The average molecular weight is 939 g/mol. The van der Waals surface area contributed by atoms with Crippen LogP contribution in [-0.2, 0) is 54.2 Å². The predicted molar refractivity (Wildman–Crippen MR) is 247 cm³/mol. The van der Waals surface area contributed by atoms with Crippen LogP contribution in [0.5, 0.6) is 0 Å². The van der Waals surface area contributed by atoms with Crippen molar-refractivity contribution in [3.8, 4) is 0 Å². The second-order valence-corrected chi connectivity index (χ2v) is 19.0. The molecule has 1 aliphatic carbocycles. The molecule has 18 nitrogen and oxygen atoms in total. The van der Waals surface area contributed by atoms with Gasteiger partial charge in [0.2, 0.25) is 35.4 Å². The Balaban J connectivity index is 1.22. The first-order valence-electron chi connectivity index (χ1n) is 24.0. The van der Waals surface area contributed by atoms with Crippen molar-refractivity contribution in [2.75, 3.05) is 47.6 Å². The van der Waals surface area contributed by atoms with E-state index in [9.17, 15) is 43.8 Å². The molecular formula is C49H74N6O12. The Kier molecular flexibility index (Phi) is 19.3. The SMILES string of the molecule is CC[C@H](C)[C@@H]([C@@H](CC(=O)N1CCC[C@H]1[C@H](OC)[C@@H](C)C(=O)N[C@@H](Cc1ccccc1)C(=O)O)OC)N(C)C(=O)[C@@H](NC(=O)[C@@H]1[C@H]2CC[C@H](C2)N1C(=O)CCOCCN1C(=O)C=CC1O)C(C)C. The molecule has 372 valence electrons. The minimum Gasteiger partial charge on any atom is -0.480 e. The van der Waals surface area contributed by atoms with Crippen molar-refractivity contribution in [3.63, 3.8) is 0 Å². The van der Waals surface area contributed by atoms with E-state index >= 15 is 0 Å². The van der Waals surface area contributed by atoms with Crippen LogP contribution in [0.15, 0.2) is 42.5 Å². The van der Waals surface area contributed by atoms with Gasteiger partial charge < -0.3 is 54.7 Å². The molecule has 3 heterocycles. The van der Waals surface area contributed by atoms with Gasteiger partial charge in [0.15, 0.2) is 0 Å². The molecule has 67 heavy (non-hydrogen) atoms. The standard InChI is InChI=1S/C49H74N6O12/c1-9-30(4)43(37(65-7)28-41(59)53-22-13-16-36(53)45(66-8)31(5)46(60)50-35(49(63)64)26-32-14-11-10-12-15-32)52(6)48(62)42(29(2)3)51-47(61)44-33-17-18-34(27-33)55(44)40(58)21-24-67-25-23-54-38(56)19-20-39(54)57/h10-12,14-15,19-20,29-31,33-38,42-45,56H,9,13,16-18,21-28H2,1-8H3,(H,50,60)(H,51,61)(H,63,64)/t30-,31+,33-,34+,35-,36-,37+,38?,42-,43-,44-,45+/m0/s1. The number of ether oxygens (including phenoxy) is 3. The molecule has 5 rings (SSSR count). The van der Waals surface area contributed by atoms with Crippen LogP contribution in [0, 0.1) is 23.7 Å². The molecule has 18 heteroatoms. The number of carbonyl (C=O) groups excluding carboxylic acids is 6. The monoisotopic (exact) mass is 939 g/mol. The fourth-order valence-corrected chi connectivity index (χ4v) is 10.6. The number of carbonyl (C=O) groups is 7. The minimum absolute atomic E-state index is 0.0335. The fraction of sp³-hybridized carbons (Fsp3) is 0.694. The van der Waals surface area contributed by atoms with E-state index in [0.29, 0.717) is 32.2 Å². The van der Waals surface area contributed by atoms with Gasteiger partial charge >= 0.3 is 5.97 Å². The first-order valence-corrected chi connectivity index (χ1v) is 24.0. The van der Waals surface area contributed by atoms with Crippen molar-refractivity contribution in [2.45, 2.75) is 147 Å². The second-order valence-electron chi connectivity index (χ2n) is 19.0. The zero-order valence-electron chi connectivity index (χ0n) is 40.5. The van der Waals surface area contributed by atoms with Gasteiger partial charge in [0.25, 0.3) is 0 Å². The zero-order valence-corrected chi connectivity index (χ0v) is 40.5. The van der Waals surface area contributed by atoms with Gasteiger partial charge in [-0.25, -0.2) is 4.79 Å². The number of hydrogen-bond acceptors (Lipinski definition) is 11. The Morgan fingerprint density at radius 1 is 0.940 bits per heavy atom. The average Bonchev–Trinajstić information content (AvgIpc) is 4.13. The second kappa shape index (κ2) is 24.4. The largest absolute Gasteiger partial charge is 0.480 e. The lowest BCUT2D eigenvalue weighted by molar-refractivity contribution is -0.149. The number of benzene rings is 1. The van der Waals surface area contributed by atoms with E-state index in [1.165, 1.54) is 31.3 Å². The summed E-state index contributed by atoms with van der Waals surface area (Å²) in [6, 6.07) is 5.06. The van der Waals surface area contributed by atoms with Crippen molar-refractivity contribution in [2.24, 2.45) is 23.7 Å². The van der Waals surface area contributed by atoms with Crippen molar-refractivity contribution in [1.82, 2.24) is 30.2 Å². The number of methoxy groups -OCH3 is 2. The number of aliphatic hydroxyl groups is 1. The lowest BCUT2D eigenvalue weighted by Crippen LogP contribution is -2.60. The van der Waals surface area contributed by atoms with Crippen molar-refractivity contribution >= 4 is 41.4 Å². The summed E-state index contributed by atoms with van der Waals surface area (Å²) >= 11 is 0. The normalized spacial score (nSPS) is 24.3. The number of hydrogen-bond donors (Lipinski definition) is 4. The van der Waals surface area contributed by atoms with E-state index in [-0.39, 0.29) is 92.4 Å². The lowest BCUT2D eigenvalue weighted by atomic mass is 9.89. The molecule has 1 aromatic rings. The molecule has 0 aromatic heterocycles. The third-order valence-electron chi connectivity index (χ3n) is 14.5. The van der Waals surface area contributed by atoms with Gasteiger partial charge in [0.1, 0.15) is 24.4 Å². The van der Waals surface area contributed by atoms with Gasteiger partial charge in [0, 0.05) is 52.9 Å². The number of likely N-dealkylation sites (tertiary alicyclic amines) is 2. The number of likely N-dealkylation sites (N-methyl/N-ethyl adjacent to an activating group) is 1. The summed E-state index contributed by atoms with van der Waals surface area (Å²) < 4.78 is 17.6. The number of aliphatic hydroxyl groups excluding tert-OH is 1. The molecule has 4 N–H and O–H groups in total. The summed E-state index contributed by atoms with van der Waals surface area (Å²) in [5, 5.41) is 25.6. The van der Waals surface area contributed by atoms with Gasteiger partial charge in [-0.3, -0.25) is 28.8 Å². The highest BCUT2D eigenvalue weighted by molar-refractivity contribution is 5.93. The topological polar surface area (TPSA) is 225 Å². The summed E-state index contributed by atoms with van der Waals surface area (Å²) in [7, 11) is 4.66. The number of amides is 6. The number of carboxylic acids is 1. The summed E-state index contributed by atoms with van der Waals surface area (Å²) in [6.07, 6.45) is 4.45. The minimum atomic E-state index is -1.16. The van der Waals surface area contributed by atoms with Crippen LogP contribution in [0.3, 0.4) is 0 Å². The first kappa shape index (κ1) is 53.1. The van der Waals surface area contributed by atoms with Crippen LogP contribution in [0.4, 0.5) is 0 Å². The van der Waals surface area contributed by atoms with E-state index < -0.39 is 66.4 Å². The highest BCUT2D eigenvalue weighted by Gasteiger charge is 2.52. The Morgan fingerprint density at radius 3 is 2.27 bits per heavy atom. The first-order chi connectivity index (χ1) is 31.9. The molecule has 1 unspecified atom stereocenters. The number of carboxylic acid groups (broad SMARTS) is 1. The number of fused-ring (bicyclic) bond motifs is 2. The van der Waals surface area contributed by atoms with Crippen LogP contribution in [0.2, 0.25) is 0 Å². The van der Waals surface area contributed by atoms with E-state index in [4.69, 9.17) is 14.2 Å². The maximum atomic E-state index is 14.6. The van der Waals surface area contributed by atoms with Crippen molar-refractivity contribution < 1.29 is 58.0 Å². The quantitative estimate of drug-likeness (QED) is 0.104. The van der Waals surface area contributed by atoms with E-state index in [2.05, 4.69) is 10.6 Å². The van der Waals surface area contributed by atoms with Crippen LogP contribution in [-0.4, -0.2) is 173 Å². The molecule has 3 fully saturated rings. The highest BCUT2D eigenvalue weighted by atomic mass is 16.5. The fourth-order valence-electron chi connectivity index (χ4n) is 10.6. The number of nitrogens with one attached hydrogen (secondary N) is 2. The molecule has 1 aromatic carbocycles. The summed E-state index contributed by atoms with van der Waals surface area (Å²) in [5.74, 6) is -4.46. The molecule has 6 amide bonds. The lowest BCUT2D eigenvalue weighted by Gasteiger charge is -2.41. The highest BCUT2D eigenvalue weighted by Crippen LogP contribution is 2.43. The van der Waals surface area contributed by atoms with Gasteiger partial charge in [-0.1, -0.05) is 71.4 Å². The maximum absolute atomic E-state index is 14.6. The molecule has 2 bridgehead atoms. The van der Waals surface area contributed by atoms with Gasteiger partial charge in [-0.15, -0.1) is 0 Å². The smallest absolute Gasteiger partial charge is 0.326 e. The zero-order chi connectivity index (χ0) is 49.1. The predicted octanol–water partition coefficient (Wildman–Crippen LogP) is 2.36. The van der Waals surface area contributed by atoms with Crippen LogP contribution in [0.1, 0.15) is 91.5 Å². The molecule has 0 radical (unpaired) electrons. The Hall–Kier alpha value is -4.91. The Morgan fingerprint density at radius 2 is 1.66 bits per heavy atom. The number of nitrogens with zero attached hydrogens (tertiary/aromatic N) is 4. The Bertz CT molecular complexity index is 1920. The molecular weight excluding hydrogens is 865 g/mol. The Labute approximate surface area is 395 Å². The maximum Gasteiger partial charge on any atom is 0.326 e. The van der Waals surface area contributed by atoms with Crippen LogP contribution < -0.4 is 10.6 Å². The summed E-state index contributed by atoms with van der Waals surface area (Å²) in [4.78, 5) is 101. The molecule has 4 aliphatic rings. The van der Waals surface area contributed by atoms with E-state index in [1.54, 1.807) is 52.9 Å². The molecule has 0 spiro atoms. The summed E-state index contributed by atoms with van der Waals surface area (Å²) in [5.41, 5.74) is 0.765. The molecule has 1 saturated carbocycles. The van der Waals surface area contributed by atoms with Gasteiger partial charge in [-0.05, 0) is 61.5 Å². The van der Waals surface area contributed by atoms with Gasteiger partial charge in [0.05, 0.1) is 56.3 Å². The van der Waals surface area contributed by atoms with E-state index in [1.807, 2.05) is 33.8 Å². The third-order valence-corrected chi connectivity index (χ3v) is 14.5. The molecule has 2 saturated heterocycles. The number of aliphatic carboxylic acids is 1. The molecule has 12 atom stereocenters. The van der Waals surface area contributed by atoms with Crippen LogP contribution >= 0.6 is 0 Å². The third kappa shape index (κ3) is 12.8. The van der Waals surface area contributed by atoms with E-state index in [0.717, 1.165) is 18.4 Å². The summed E-state index contributed by atoms with van der Waals surface area (Å²) in [6.45, 7) is 10.2. The number of rotatable bonds is 25. The van der Waals surface area contributed by atoms with Gasteiger partial charge in [-0.2, -0.15) is 0 Å². The van der Waals surface area contributed by atoms with Crippen LogP contribution in [0.25, 0.3) is 0 Å². The molecule has 3 aliphatic heterocycles.